The van der Waals surface area contributed by atoms with Crippen molar-refractivity contribution in [1.82, 2.24) is 4.98 Å². The summed E-state index contributed by atoms with van der Waals surface area (Å²) in [4.78, 5) is 11.0. The van der Waals surface area contributed by atoms with E-state index in [1.807, 2.05) is 44.6 Å². The second kappa shape index (κ2) is 6.97. The van der Waals surface area contributed by atoms with E-state index in [1.54, 1.807) is 7.11 Å². The van der Waals surface area contributed by atoms with E-state index in [-0.39, 0.29) is 5.92 Å². The average molecular weight is 336 g/mol. The van der Waals surface area contributed by atoms with E-state index >= 15 is 0 Å². The van der Waals surface area contributed by atoms with E-state index in [4.69, 9.17) is 4.74 Å². The first kappa shape index (κ1) is 17.0. The molecule has 0 amide bonds. The van der Waals surface area contributed by atoms with Crippen molar-refractivity contribution in [3.8, 4) is 5.75 Å². The van der Waals surface area contributed by atoms with Crippen LogP contribution >= 0.6 is 0 Å². The fraction of sp³-hybridized carbons (Fsp3) is 0.300. The van der Waals surface area contributed by atoms with Crippen molar-refractivity contribution in [2.24, 2.45) is 10.9 Å². The van der Waals surface area contributed by atoms with Crippen molar-refractivity contribution < 1.29 is 4.74 Å². The van der Waals surface area contributed by atoms with Crippen LogP contribution < -0.4 is 15.0 Å². The number of hydrogen-bond donors (Lipinski definition) is 1. The van der Waals surface area contributed by atoms with E-state index in [2.05, 4.69) is 39.8 Å². The van der Waals surface area contributed by atoms with Gasteiger partial charge in [-0.2, -0.15) is 0 Å². The van der Waals surface area contributed by atoms with Crippen molar-refractivity contribution in [3.05, 3.63) is 54.4 Å². The summed E-state index contributed by atoms with van der Waals surface area (Å²) in [5.41, 5.74) is 4.96. The van der Waals surface area contributed by atoms with Gasteiger partial charge in [-0.25, -0.2) is 0 Å². The summed E-state index contributed by atoms with van der Waals surface area (Å²) in [6.07, 6.45) is 3.69. The van der Waals surface area contributed by atoms with E-state index in [0.717, 1.165) is 46.3 Å². The highest BCUT2D eigenvalue weighted by atomic mass is 16.5. The largest absolute Gasteiger partial charge is 0.497 e. The maximum atomic E-state index is 5.38. The summed E-state index contributed by atoms with van der Waals surface area (Å²) in [6, 6.07) is 8.10. The molecule has 25 heavy (non-hydrogen) atoms. The SMILES string of the molecule is C=C(c1cncc(C)c1)N1/C(=N\C)C(C)CNc2cc(OC)ccc21. The molecule has 2 heterocycles. The predicted molar refractivity (Wildman–Crippen MR) is 104 cm³/mol. The minimum atomic E-state index is 0.234. The van der Waals surface area contributed by atoms with Crippen LogP contribution in [0.3, 0.4) is 0 Å². The Morgan fingerprint density at radius 3 is 2.84 bits per heavy atom. The van der Waals surface area contributed by atoms with Gasteiger partial charge in [-0.3, -0.25) is 14.9 Å². The summed E-state index contributed by atoms with van der Waals surface area (Å²) < 4.78 is 5.38. The van der Waals surface area contributed by atoms with E-state index in [9.17, 15) is 0 Å². The second-order valence-electron chi connectivity index (χ2n) is 6.28. The number of nitrogens with zero attached hydrogens (tertiary/aromatic N) is 3. The molecule has 1 unspecified atom stereocenters. The van der Waals surface area contributed by atoms with Crippen LogP contribution in [0, 0.1) is 12.8 Å². The number of hydrogen-bond acceptors (Lipinski definition) is 4. The molecule has 1 aromatic carbocycles. The van der Waals surface area contributed by atoms with Crippen LogP contribution in [0.15, 0.2) is 48.2 Å². The molecule has 0 radical (unpaired) electrons. The van der Waals surface area contributed by atoms with E-state index < -0.39 is 0 Å². The molecular formula is C20H24N4O. The van der Waals surface area contributed by atoms with Crippen LogP contribution in [0.2, 0.25) is 0 Å². The number of nitrogens with one attached hydrogen (secondary N) is 1. The lowest BCUT2D eigenvalue weighted by molar-refractivity contribution is 0.415. The molecule has 0 bridgehead atoms. The van der Waals surface area contributed by atoms with Crippen molar-refractivity contribution in [2.45, 2.75) is 13.8 Å². The summed E-state index contributed by atoms with van der Waals surface area (Å²) >= 11 is 0. The fourth-order valence-electron chi connectivity index (χ4n) is 3.12. The van der Waals surface area contributed by atoms with Gasteiger partial charge < -0.3 is 10.1 Å². The molecule has 1 aliphatic rings. The monoisotopic (exact) mass is 336 g/mol. The Kier molecular flexibility index (Phi) is 4.74. The number of anilines is 2. The third kappa shape index (κ3) is 3.22. The van der Waals surface area contributed by atoms with Crippen LogP contribution in [-0.4, -0.2) is 31.5 Å². The first-order chi connectivity index (χ1) is 12.0. The fourth-order valence-corrected chi connectivity index (χ4v) is 3.12. The third-order valence-corrected chi connectivity index (χ3v) is 4.42. The van der Waals surface area contributed by atoms with Gasteiger partial charge in [0.1, 0.15) is 11.6 Å². The van der Waals surface area contributed by atoms with Crippen LogP contribution in [0.25, 0.3) is 5.70 Å². The standard InChI is InChI=1S/C20H24N4O/c1-13-8-16(12-22-10-13)15(3)24-19-7-6-17(25-5)9-18(19)23-11-14(2)20(24)21-4/h6-10,12,14,23H,3,11H2,1-2,4-5H3/b21-20-. The van der Waals surface area contributed by atoms with Crippen molar-refractivity contribution in [2.75, 3.05) is 30.9 Å². The zero-order valence-corrected chi connectivity index (χ0v) is 15.2. The molecule has 5 nitrogen and oxygen atoms in total. The number of fused-ring (bicyclic) bond motifs is 1. The van der Waals surface area contributed by atoms with Crippen molar-refractivity contribution in [3.63, 3.8) is 0 Å². The molecule has 3 rings (SSSR count). The molecule has 0 fully saturated rings. The highest BCUT2D eigenvalue weighted by Gasteiger charge is 2.28. The Hall–Kier alpha value is -2.82. The zero-order chi connectivity index (χ0) is 18.0. The molecular weight excluding hydrogens is 312 g/mol. The lowest BCUT2D eigenvalue weighted by Crippen LogP contribution is -2.34. The third-order valence-electron chi connectivity index (χ3n) is 4.42. The Labute approximate surface area is 149 Å². The number of rotatable bonds is 3. The van der Waals surface area contributed by atoms with Gasteiger partial charge in [0.15, 0.2) is 0 Å². The predicted octanol–water partition coefficient (Wildman–Crippen LogP) is 3.97. The van der Waals surface area contributed by atoms with Gasteiger partial charge in [0, 0.05) is 49.2 Å². The lowest BCUT2D eigenvalue weighted by atomic mass is 10.1. The maximum absolute atomic E-state index is 5.38. The Morgan fingerprint density at radius 1 is 1.36 bits per heavy atom. The molecule has 0 aliphatic carbocycles. The molecule has 1 aliphatic heterocycles. The number of benzene rings is 1. The number of pyridine rings is 1. The normalized spacial score (nSPS) is 18.3. The van der Waals surface area contributed by atoms with Gasteiger partial charge in [-0.1, -0.05) is 13.5 Å². The van der Waals surface area contributed by atoms with Gasteiger partial charge >= 0.3 is 0 Å². The molecule has 130 valence electrons. The summed E-state index contributed by atoms with van der Waals surface area (Å²) in [6.45, 7) is 9.34. The molecule has 0 saturated carbocycles. The number of methoxy groups -OCH3 is 1. The molecule has 1 N–H and O–H groups in total. The quantitative estimate of drug-likeness (QED) is 0.921. The van der Waals surface area contributed by atoms with Crippen LogP contribution in [0.4, 0.5) is 11.4 Å². The molecule has 0 saturated heterocycles. The zero-order valence-electron chi connectivity index (χ0n) is 15.2. The Bertz CT molecular complexity index is 828. The van der Waals surface area contributed by atoms with Gasteiger partial charge in [0.05, 0.1) is 18.5 Å². The topological polar surface area (TPSA) is 49.8 Å². The maximum Gasteiger partial charge on any atom is 0.121 e. The van der Waals surface area contributed by atoms with Gasteiger partial charge in [-0.05, 0) is 30.7 Å². The Morgan fingerprint density at radius 2 is 2.16 bits per heavy atom. The molecule has 1 atom stereocenters. The molecule has 2 aromatic rings. The van der Waals surface area contributed by atoms with Crippen LogP contribution in [0.5, 0.6) is 5.75 Å². The summed E-state index contributed by atoms with van der Waals surface area (Å²) in [5.74, 6) is 2.03. The first-order valence-electron chi connectivity index (χ1n) is 8.34. The van der Waals surface area contributed by atoms with E-state index in [1.165, 1.54) is 0 Å². The second-order valence-corrected chi connectivity index (χ2v) is 6.28. The van der Waals surface area contributed by atoms with Gasteiger partial charge in [0.25, 0.3) is 0 Å². The number of ether oxygens (including phenoxy) is 1. The van der Waals surface area contributed by atoms with Crippen LogP contribution in [-0.2, 0) is 0 Å². The minimum absolute atomic E-state index is 0.234. The molecule has 5 heteroatoms. The smallest absolute Gasteiger partial charge is 0.121 e. The Balaban J connectivity index is 2.14. The number of aromatic nitrogens is 1. The summed E-state index contributed by atoms with van der Waals surface area (Å²) in [7, 11) is 3.50. The number of amidine groups is 1. The summed E-state index contributed by atoms with van der Waals surface area (Å²) in [5, 5.41) is 3.50. The minimum Gasteiger partial charge on any atom is -0.497 e. The first-order valence-corrected chi connectivity index (χ1v) is 8.34. The molecule has 1 aromatic heterocycles. The molecule has 0 spiro atoms. The highest BCUT2D eigenvalue weighted by molar-refractivity contribution is 6.12. The van der Waals surface area contributed by atoms with Gasteiger partial charge in [0.2, 0.25) is 0 Å². The average Bonchev–Trinajstić information content (AvgIpc) is 2.76. The van der Waals surface area contributed by atoms with Crippen molar-refractivity contribution >= 4 is 22.9 Å². The highest BCUT2D eigenvalue weighted by Crippen LogP contribution is 2.38. The van der Waals surface area contributed by atoms with Gasteiger partial charge in [-0.15, -0.1) is 0 Å². The van der Waals surface area contributed by atoms with E-state index in [0.29, 0.717) is 0 Å². The van der Waals surface area contributed by atoms with Crippen LogP contribution in [0.1, 0.15) is 18.1 Å². The number of aliphatic imine (C=N–C) groups is 1. The van der Waals surface area contributed by atoms with Crippen molar-refractivity contribution in [1.29, 1.82) is 0 Å². The number of aryl methyl sites for hydroxylation is 1. The lowest BCUT2D eigenvalue weighted by Gasteiger charge is -2.29.